The number of aryl methyl sites for hydroxylation is 1. The summed E-state index contributed by atoms with van der Waals surface area (Å²) >= 11 is 0. The molecule has 0 aliphatic heterocycles. The number of nitro benzene ring substituents is 1. The SMILES string of the molecule is COc1cc(/C=N\NC(=O)c2cc3cc([N+](=O)[O-])ccc3o2)ccc1OCC(=O)Nc1ccc(C)cc1. The topological polar surface area (TPSA) is 145 Å². The summed E-state index contributed by atoms with van der Waals surface area (Å²) in [7, 11) is 1.46. The molecule has 0 fully saturated rings. The number of fused-ring (bicyclic) bond motifs is 1. The molecule has 0 saturated heterocycles. The minimum Gasteiger partial charge on any atom is -0.493 e. The maximum Gasteiger partial charge on any atom is 0.307 e. The Bertz CT molecular complexity index is 1490. The van der Waals surface area contributed by atoms with E-state index >= 15 is 0 Å². The van der Waals surface area contributed by atoms with Gasteiger partial charge in [-0.05, 0) is 55.0 Å². The summed E-state index contributed by atoms with van der Waals surface area (Å²) in [4.78, 5) is 34.9. The molecule has 0 aliphatic rings. The molecule has 188 valence electrons. The van der Waals surface area contributed by atoms with Gasteiger partial charge in [0.2, 0.25) is 0 Å². The van der Waals surface area contributed by atoms with E-state index in [0.29, 0.717) is 33.7 Å². The van der Waals surface area contributed by atoms with Crippen LogP contribution < -0.4 is 20.2 Å². The number of ether oxygens (including phenoxy) is 2. The van der Waals surface area contributed by atoms with Crippen LogP contribution in [0.25, 0.3) is 11.0 Å². The molecule has 11 nitrogen and oxygen atoms in total. The quantitative estimate of drug-likeness (QED) is 0.195. The van der Waals surface area contributed by atoms with Crippen molar-refractivity contribution in [2.45, 2.75) is 6.92 Å². The summed E-state index contributed by atoms with van der Waals surface area (Å²) in [6, 6.07) is 17.8. The average Bonchev–Trinajstić information content (AvgIpc) is 3.33. The zero-order valence-electron chi connectivity index (χ0n) is 19.9. The molecule has 0 atom stereocenters. The number of hydrogen-bond donors (Lipinski definition) is 2. The maximum absolute atomic E-state index is 12.4. The maximum atomic E-state index is 12.4. The van der Waals surface area contributed by atoms with E-state index in [1.807, 2.05) is 19.1 Å². The lowest BCUT2D eigenvalue weighted by molar-refractivity contribution is -0.384. The Balaban J connectivity index is 1.34. The number of hydrogen-bond acceptors (Lipinski definition) is 8. The first-order chi connectivity index (χ1) is 17.8. The Hall–Kier alpha value is -5.19. The molecule has 0 radical (unpaired) electrons. The van der Waals surface area contributed by atoms with E-state index in [9.17, 15) is 19.7 Å². The van der Waals surface area contributed by atoms with Crippen LogP contribution in [0.5, 0.6) is 11.5 Å². The first-order valence-electron chi connectivity index (χ1n) is 11.0. The molecule has 37 heavy (non-hydrogen) atoms. The number of nitro groups is 1. The van der Waals surface area contributed by atoms with E-state index in [1.165, 1.54) is 37.6 Å². The molecule has 4 rings (SSSR count). The lowest BCUT2D eigenvalue weighted by Gasteiger charge is -2.11. The van der Waals surface area contributed by atoms with E-state index in [4.69, 9.17) is 13.9 Å². The van der Waals surface area contributed by atoms with E-state index in [0.717, 1.165) is 5.56 Å². The van der Waals surface area contributed by atoms with Gasteiger partial charge in [-0.3, -0.25) is 19.7 Å². The number of benzene rings is 3. The number of rotatable bonds is 9. The van der Waals surface area contributed by atoms with Crippen LogP contribution in [0.2, 0.25) is 0 Å². The average molecular weight is 502 g/mol. The molecule has 0 aliphatic carbocycles. The molecule has 0 saturated carbocycles. The van der Waals surface area contributed by atoms with E-state index in [-0.39, 0.29) is 24.0 Å². The summed E-state index contributed by atoms with van der Waals surface area (Å²) in [6.45, 7) is 1.75. The molecule has 1 aromatic heterocycles. The number of non-ortho nitro benzene ring substituents is 1. The van der Waals surface area contributed by atoms with Gasteiger partial charge in [-0.15, -0.1) is 0 Å². The summed E-state index contributed by atoms with van der Waals surface area (Å²) in [6.07, 6.45) is 1.39. The van der Waals surface area contributed by atoms with Gasteiger partial charge in [0.25, 0.3) is 11.6 Å². The fraction of sp³-hybridized carbons (Fsp3) is 0.115. The van der Waals surface area contributed by atoms with Crippen molar-refractivity contribution in [2.24, 2.45) is 5.10 Å². The molecular formula is C26H22N4O7. The van der Waals surface area contributed by atoms with Gasteiger partial charge in [-0.25, -0.2) is 5.43 Å². The van der Waals surface area contributed by atoms with Gasteiger partial charge in [-0.1, -0.05) is 17.7 Å². The van der Waals surface area contributed by atoms with Crippen molar-refractivity contribution < 1.29 is 28.4 Å². The second-order valence-electron chi connectivity index (χ2n) is 7.90. The fourth-order valence-electron chi connectivity index (χ4n) is 3.34. The van der Waals surface area contributed by atoms with Crippen LogP contribution in [0.4, 0.5) is 11.4 Å². The van der Waals surface area contributed by atoms with Crippen molar-refractivity contribution in [3.05, 3.63) is 93.7 Å². The van der Waals surface area contributed by atoms with Crippen molar-refractivity contribution in [3.63, 3.8) is 0 Å². The highest BCUT2D eigenvalue weighted by Crippen LogP contribution is 2.28. The number of nitrogens with zero attached hydrogens (tertiary/aromatic N) is 2. The third-order valence-corrected chi connectivity index (χ3v) is 5.20. The number of carbonyl (C=O) groups is 2. The molecule has 2 N–H and O–H groups in total. The predicted octanol–water partition coefficient (Wildman–Crippen LogP) is 4.44. The van der Waals surface area contributed by atoms with Crippen LogP contribution in [-0.4, -0.2) is 36.7 Å². The third-order valence-electron chi connectivity index (χ3n) is 5.20. The van der Waals surface area contributed by atoms with E-state index < -0.39 is 10.8 Å². The number of furan rings is 1. The van der Waals surface area contributed by atoms with Crippen molar-refractivity contribution >= 4 is 40.4 Å². The zero-order valence-corrected chi connectivity index (χ0v) is 19.9. The zero-order chi connectivity index (χ0) is 26.4. The molecule has 11 heteroatoms. The highest BCUT2D eigenvalue weighted by atomic mass is 16.6. The highest BCUT2D eigenvalue weighted by Gasteiger charge is 2.15. The van der Waals surface area contributed by atoms with Crippen LogP contribution in [0.3, 0.4) is 0 Å². The van der Waals surface area contributed by atoms with Gasteiger partial charge in [-0.2, -0.15) is 5.10 Å². The molecule has 2 amide bonds. The number of hydrazone groups is 1. The molecule has 1 heterocycles. The lowest BCUT2D eigenvalue weighted by Crippen LogP contribution is -2.20. The lowest BCUT2D eigenvalue weighted by atomic mass is 10.2. The van der Waals surface area contributed by atoms with Gasteiger partial charge in [0.15, 0.2) is 23.9 Å². The van der Waals surface area contributed by atoms with Crippen LogP contribution in [-0.2, 0) is 4.79 Å². The van der Waals surface area contributed by atoms with Crippen LogP contribution in [0, 0.1) is 17.0 Å². The van der Waals surface area contributed by atoms with Crippen molar-refractivity contribution in [1.29, 1.82) is 0 Å². The monoisotopic (exact) mass is 502 g/mol. The smallest absolute Gasteiger partial charge is 0.307 e. The Morgan fingerprint density at radius 2 is 1.84 bits per heavy atom. The van der Waals surface area contributed by atoms with Gasteiger partial charge in [0.05, 0.1) is 18.2 Å². The van der Waals surface area contributed by atoms with E-state index in [1.54, 1.807) is 30.3 Å². The number of methoxy groups -OCH3 is 1. The molecule has 0 bridgehead atoms. The highest BCUT2D eigenvalue weighted by molar-refractivity contribution is 5.97. The molecular weight excluding hydrogens is 480 g/mol. The number of amides is 2. The molecule has 4 aromatic rings. The molecule has 0 spiro atoms. The fourth-order valence-corrected chi connectivity index (χ4v) is 3.34. The second kappa shape index (κ2) is 11.0. The summed E-state index contributed by atoms with van der Waals surface area (Å²) in [5, 5.41) is 18.0. The minimum atomic E-state index is -0.624. The minimum absolute atomic E-state index is 0.0436. The van der Waals surface area contributed by atoms with Crippen molar-refractivity contribution in [2.75, 3.05) is 19.0 Å². The predicted molar refractivity (Wildman–Crippen MR) is 136 cm³/mol. The van der Waals surface area contributed by atoms with Gasteiger partial charge < -0.3 is 19.2 Å². The first-order valence-corrected chi connectivity index (χ1v) is 11.0. The summed E-state index contributed by atoms with van der Waals surface area (Å²) in [5.74, 6) is -0.254. The Kier molecular flexibility index (Phi) is 7.43. The second-order valence-corrected chi connectivity index (χ2v) is 7.90. The van der Waals surface area contributed by atoms with Gasteiger partial charge in [0.1, 0.15) is 5.58 Å². The van der Waals surface area contributed by atoms with E-state index in [2.05, 4.69) is 15.8 Å². The standard InChI is InChI=1S/C26H22N4O7/c1-16-3-6-19(7-4-16)28-25(31)15-36-22-9-5-17(11-23(22)35-2)14-27-29-26(32)24-13-18-12-20(30(33)34)8-10-21(18)37-24/h3-14H,15H2,1-2H3,(H,28,31)(H,29,32)/b27-14-. The van der Waals surface area contributed by atoms with Crippen molar-refractivity contribution in [1.82, 2.24) is 5.43 Å². The first kappa shape index (κ1) is 24.9. The Labute approximate surface area is 210 Å². The van der Waals surface area contributed by atoms with Gasteiger partial charge in [0, 0.05) is 23.2 Å². The number of nitrogens with one attached hydrogen (secondary N) is 2. The van der Waals surface area contributed by atoms with Crippen LogP contribution in [0.1, 0.15) is 21.7 Å². The molecule has 3 aromatic carbocycles. The van der Waals surface area contributed by atoms with Crippen LogP contribution in [0.15, 0.2) is 76.2 Å². The number of carbonyl (C=O) groups excluding carboxylic acids is 2. The Morgan fingerprint density at radius 3 is 2.57 bits per heavy atom. The normalized spacial score (nSPS) is 10.9. The van der Waals surface area contributed by atoms with Crippen LogP contribution >= 0.6 is 0 Å². The van der Waals surface area contributed by atoms with Gasteiger partial charge >= 0.3 is 5.91 Å². The largest absolute Gasteiger partial charge is 0.493 e. The van der Waals surface area contributed by atoms with Crippen molar-refractivity contribution in [3.8, 4) is 11.5 Å². The third kappa shape index (κ3) is 6.28. The molecule has 0 unspecified atom stereocenters. The summed E-state index contributed by atoms with van der Waals surface area (Å²) < 4.78 is 16.4. The number of anilines is 1. The Morgan fingerprint density at radius 1 is 1.05 bits per heavy atom. The summed E-state index contributed by atoms with van der Waals surface area (Å²) in [5.41, 5.74) is 4.93.